The highest BCUT2D eigenvalue weighted by Gasteiger charge is 2.76. The summed E-state index contributed by atoms with van der Waals surface area (Å²) in [5, 5.41) is 28.7. The molecule has 5 N–H and O–H groups in total. The van der Waals surface area contributed by atoms with E-state index in [1.165, 1.54) is 0 Å². The second-order valence-electron chi connectivity index (χ2n) is 18.2. The largest absolute Gasteiger partial charge is 0.481 e. The molecule has 2 heterocycles. The number of aliphatic carboxylic acids is 1. The van der Waals surface area contributed by atoms with Gasteiger partial charge in [0.2, 0.25) is 23.5 Å². The number of carbonyl (C=O) groups excluding carboxylic acids is 8. The van der Waals surface area contributed by atoms with Gasteiger partial charge in [0.1, 0.15) is 12.6 Å². The number of rotatable bonds is 24. The summed E-state index contributed by atoms with van der Waals surface area (Å²) >= 11 is 0. The van der Waals surface area contributed by atoms with E-state index in [0.717, 1.165) is 35.5 Å². The lowest BCUT2D eigenvalue weighted by Gasteiger charge is -2.59. The van der Waals surface area contributed by atoms with Crippen LogP contribution in [0.3, 0.4) is 0 Å². The van der Waals surface area contributed by atoms with Crippen molar-refractivity contribution in [1.82, 2.24) is 20.9 Å². The zero-order valence-corrected chi connectivity index (χ0v) is 37.7. The molecule has 20 heteroatoms. The van der Waals surface area contributed by atoms with Gasteiger partial charge in [-0.15, -0.1) is 0 Å². The van der Waals surface area contributed by atoms with Gasteiger partial charge in [-0.05, 0) is 62.5 Å². The maximum Gasteiger partial charge on any atom is 0.325 e. The predicted molar refractivity (Wildman–Crippen MR) is 228 cm³/mol. The van der Waals surface area contributed by atoms with Crippen LogP contribution in [0, 0.1) is 28.6 Å². The fourth-order valence-electron chi connectivity index (χ4n) is 11.1. The number of hydrogen-bond acceptors (Lipinski definition) is 15. The Bertz CT molecular complexity index is 2000. The molecule has 2 aliphatic heterocycles. The first kappa shape index (κ1) is 50.3. The Kier molecular flexibility index (Phi) is 16.5. The highest BCUT2D eigenvalue weighted by molar-refractivity contribution is 6.13. The van der Waals surface area contributed by atoms with E-state index in [1.807, 2.05) is 19.9 Å². The number of carboxylic acid groups (broad SMARTS) is 1. The molecule has 0 aromatic carbocycles. The van der Waals surface area contributed by atoms with Gasteiger partial charge in [0.05, 0.1) is 38.6 Å². The minimum atomic E-state index is -1.52. The molecule has 66 heavy (non-hydrogen) atoms. The summed E-state index contributed by atoms with van der Waals surface area (Å²) in [6.45, 7) is 5.09. The number of fused-ring (bicyclic) bond motifs is 7. The number of imide groups is 1. The molecule has 0 aromatic rings. The number of Topliss-reactive ketones (excluding diaryl/α,β-unsaturated/α-hetero) is 1. The molecule has 3 saturated carbocycles. The summed E-state index contributed by atoms with van der Waals surface area (Å²) in [6, 6.07) is -1.32. The first-order chi connectivity index (χ1) is 31.4. The van der Waals surface area contributed by atoms with E-state index < -0.39 is 102 Å². The number of ether oxygens (including phenoxy) is 5. The van der Waals surface area contributed by atoms with Crippen molar-refractivity contribution in [2.45, 2.75) is 115 Å². The Morgan fingerprint density at radius 3 is 2.38 bits per heavy atom. The van der Waals surface area contributed by atoms with Crippen molar-refractivity contribution < 1.29 is 77.0 Å². The van der Waals surface area contributed by atoms with Crippen LogP contribution < -0.4 is 16.0 Å². The van der Waals surface area contributed by atoms with Crippen LogP contribution in [0.5, 0.6) is 0 Å². The van der Waals surface area contributed by atoms with Crippen LogP contribution in [0.4, 0.5) is 0 Å². The van der Waals surface area contributed by atoms with Gasteiger partial charge in [-0.3, -0.25) is 48.1 Å². The topological polar surface area (TPSA) is 280 Å². The zero-order chi connectivity index (χ0) is 47.8. The van der Waals surface area contributed by atoms with Crippen LogP contribution >= 0.6 is 0 Å². The first-order valence-electron chi connectivity index (χ1n) is 22.8. The van der Waals surface area contributed by atoms with Gasteiger partial charge in [-0.1, -0.05) is 38.8 Å². The molecule has 4 fully saturated rings. The van der Waals surface area contributed by atoms with Gasteiger partial charge >= 0.3 is 11.9 Å². The first-order valence-corrected chi connectivity index (χ1v) is 22.8. The van der Waals surface area contributed by atoms with Gasteiger partial charge in [0, 0.05) is 61.3 Å². The third-order valence-electron chi connectivity index (χ3n) is 14.2. The number of esters is 1. The SMILES string of the molecule is CCC[C@@H]1O[C@@H]2C[C@H]3[C@@H]4CCC5=CC(=O)C=C[C@]5(C)[C@H]4[C@@H](O)C[C@]3(C)[C@]2(C(=O)COC(=O)CNC(=O)[C@H](CCC(=O)O)NC(=O)CCOCCOCCNC(=O)CCN2C(=O)C=CC2=O)O1. The Labute approximate surface area is 382 Å². The second-order valence-corrected chi connectivity index (χ2v) is 18.2. The molecule has 5 amide bonds. The van der Waals surface area contributed by atoms with Crippen LogP contribution in [0.2, 0.25) is 0 Å². The third kappa shape index (κ3) is 10.8. The Morgan fingerprint density at radius 1 is 0.939 bits per heavy atom. The fraction of sp³-hybridized carbons (Fsp3) is 0.674. The van der Waals surface area contributed by atoms with Gasteiger partial charge in [0.15, 0.2) is 24.3 Å². The molecular formula is C46H62N4O16. The summed E-state index contributed by atoms with van der Waals surface area (Å²) in [6.07, 6.45) is 7.68. The van der Waals surface area contributed by atoms with E-state index in [9.17, 15) is 53.4 Å². The van der Waals surface area contributed by atoms with E-state index in [1.54, 1.807) is 12.2 Å². The third-order valence-corrected chi connectivity index (χ3v) is 14.2. The van der Waals surface area contributed by atoms with Crippen LogP contribution in [-0.2, 0) is 66.8 Å². The minimum absolute atomic E-state index is 0.00862. The van der Waals surface area contributed by atoms with Crippen LogP contribution in [0.1, 0.15) is 85.0 Å². The number of nitrogens with zero attached hydrogens (tertiary/aromatic N) is 1. The molecule has 0 spiro atoms. The summed E-state index contributed by atoms with van der Waals surface area (Å²) in [5.74, 6) is -5.79. The molecule has 20 nitrogen and oxygen atoms in total. The lowest BCUT2D eigenvalue weighted by atomic mass is 9.46. The Hall–Kier alpha value is -5.15. The van der Waals surface area contributed by atoms with E-state index >= 15 is 0 Å². The molecule has 362 valence electrons. The minimum Gasteiger partial charge on any atom is -0.481 e. The van der Waals surface area contributed by atoms with Gasteiger partial charge in [0.25, 0.3) is 11.8 Å². The quantitative estimate of drug-likeness (QED) is 0.0503. The number of aliphatic hydroxyl groups excluding tert-OH is 1. The van der Waals surface area contributed by atoms with Crippen LogP contribution in [0.15, 0.2) is 36.0 Å². The van der Waals surface area contributed by atoms with E-state index in [0.29, 0.717) is 19.3 Å². The second kappa shape index (κ2) is 21.6. The smallest absolute Gasteiger partial charge is 0.325 e. The standard InChI is InChI=1S/C46H62N4O16/c1-4-5-41-65-34-23-30-29-7-6-27-22-28(51)12-15-44(27,2)42(29)32(52)24-45(30,3)46(34,66-41)33(53)26-64-40(60)25-48-43(61)31(8-11-39(58)59)49-36(55)14-18-62-20-21-63-19-16-47-35(54)13-17-50-37(56)9-10-38(50)57/h9-10,12,15,22,29-32,34,41-42,52H,4-8,11,13-14,16-21,23-26H2,1-3H3,(H,47,54)(H,48,61)(H,49,55)(H,58,59)/t29-,30-,31-,32-,34+,41+,42+,44-,45-,46+/m0/s1. The number of amides is 5. The van der Waals surface area contributed by atoms with Crippen molar-refractivity contribution >= 4 is 53.0 Å². The average molecular weight is 927 g/mol. The van der Waals surface area contributed by atoms with Crippen molar-refractivity contribution in [1.29, 1.82) is 0 Å². The predicted octanol–water partition coefficient (Wildman–Crippen LogP) is 0.588. The average Bonchev–Trinajstić information content (AvgIpc) is 3.88. The highest BCUT2D eigenvalue weighted by atomic mass is 16.7. The summed E-state index contributed by atoms with van der Waals surface area (Å²) in [5.41, 5.74) is -1.93. The number of allylic oxidation sites excluding steroid dienone is 4. The molecule has 0 radical (unpaired) electrons. The van der Waals surface area contributed by atoms with E-state index in [4.69, 9.17) is 23.7 Å². The maximum atomic E-state index is 14.5. The number of carboxylic acids is 1. The Morgan fingerprint density at radius 2 is 1.67 bits per heavy atom. The number of hydrogen-bond donors (Lipinski definition) is 5. The molecule has 10 atom stereocenters. The number of nitrogens with one attached hydrogen (secondary N) is 3. The molecule has 6 aliphatic rings. The Balaban J connectivity index is 0.939. The van der Waals surface area contributed by atoms with Gasteiger partial charge in [-0.25, -0.2) is 0 Å². The molecule has 4 aliphatic carbocycles. The molecule has 0 aromatic heterocycles. The lowest BCUT2D eigenvalue weighted by Crippen LogP contribution is -2.63. The summed E-state index contributed by atoms with van der Waals surface area (Å²) in [7, 11) is 0. The summed E-state index contributed by atoms with van der Waals surface area (Å²) < 4.78 is 29.3. The van der Waals surface area contributed by atoms with Crippen molar-refractivity contribution in [2.24, 2.45) is 28.6 Å². The normalized spacial score (nSPS) is 31.0. The van der Waals surface area contributed by atoms with Crippen molar-refractivity contribution in [3.05, 3.63) is 36.0 Å². The van der Waals surface area contributed by atoms with Crippen LogP contribution in [-0.4, -0.2) is 151 Å². The molecule has 0 bridgehead atoms. The van der Waals surface area contributed by atoms with Crippen molar-refractivity contribution in [3.63, 3.8) is 0 Å². The van der Waals surface area contributed by atoms with E-state index in [2.05, 4.69) is 22.9 Å². The molecule has 0 unspecified atom stereocenters. The monoisotopic (exact) mass is 926 g/mol. The molecule has 6 rings (SSSR count). The fourth-order valence-corrected chi connectivity index (χ4v) is 11.1. The van der Waals surface area contributed by atoms with Gasteiger partial charge in [-0.2, -0.15) is 0 Å². The summed E-state index contributed by atoms with van der Waals surface area (Å²) in [4.78, 5) is 113. The molecule has 1 saturated heterocycles. The number of ketones is 2. The number of carbonyl (C=O) groups is 9. The maximum absolute atomic E-state index is 14.5. The van der Waals surface area contributed by atoms with E-state index in [-0.39, 0.29) is 94.6 Å². The molecular weight excluding hydrogens is 865 g/mol. The zero-order valence-electron chi connectivity index (χ0n) is 37.7. The van der Waals surface area contributed by atoms with Crippen LogP contribution in [0.25, 0.3) is 0 Å². The number of aliphatic hydroxyl groups is 1. The van der Waals surface area contributed by atoms with Gasteiger partial charge < -0.3 is 49.8 Å². The lowest BCUT2D eigenvalue weighted by molar-refractivity contribution is -0.201. The van der Waals surface area contributed by atoms with Crippen molar-refractivity contribution in [3.8, 4) is 0 Å². The van der Waals surface area contributed by atoms with Crippen molar-refractivity contribution in [2.75, 3.05) is 52.7 Å². The highest BCUT2D eigenvalue weighted by Crippen LogP contribution is 2.69.